The van der Waals surface area contributed by atoms with E-state index in [1.807, 2.05) is 0 Å². The SMILES string of the molecule is CCCCc1nnc(NC(=O)Cn2nc(C3CC3)ccc2=O)s1. The minimum atomic E-state index is -0.314. The molecule has 0 bridgehead atoms. The lowest BCUT2D eigenvalue weighted by Gasteiger charge is -2.05. The summed E-state index contributed by atoms with van der Waals surface area (Å²) in [6.45, 7) is 2.01. The lowest BCUT2D eigenvalue weighted by molar-refractivity contribution is -0.117. The molecule has 1 aliphatic carbocycles. The molecule has 2 heterocycles. The third kappa shape index (κ3) is 4.22. The Kier molecular flexibility index (Phi) is 4.80. The van der Waals surface area contributed by atoms with Gasteiger partial charge in [0.1, 0.15) is 11.6 Å². The van der Waals surface area contributed by atoms with Gasteiger partial charge in [-0.2, -0.15) is 5.10 Å². The molecule has 1 saturated carbocycles. The topological polar surface area (TPSA) is 89.8 Å². The van der Waals surface area contributed by atoms with Crippen LogP contribution in [-0.4, -0.2) is 25.9 Å². The van der Waals surface area contributed by atoms with Gasteiger partial charge in [0.15, 0.2) is 0 Å². The summed E-state index contributed by atoms with van der Waals surface area (Å²) >= 11 is 1.37. The van der Waals surface area contributed by atoms with Gasteiger partial charge in [-0.1, -0.05) is 24.7 Å². The first-order chi connectivity index (χ1) is 11.2. The second-order valence-corrected chi connectivity index (χ2v) is 6.74. The lowest BCUT2D eigenvalue weighted by atomic mass is 10.3. The maximum absolute atomic E-state index is 12.1. The van der Waals surface area contributed by atoms with Crippen molar-refractivity contribution >= 4 is 22.4 Å². The summed E-state index contributed by atoms with van der Waals surface area (Å²) in [5.41, 5.74) is 0.612. The van der Waals surface area contributed by atoms with Crippen molar-refractivity contribution in [2.45, 2.75) is 51.5 Å². The number of nitrogens with one attached hydrogen (secondary N) is 1. The van der Waals surface area contributed by atoms with Gasteiger partial charge >= 0.3 is 0 Å². The Labute approximate surface area is 137 Å². The van der Waals surface area contributed by atoms with Crippen molar-refractivity contribution in [3.63, 3.8) is 0 Å². The number of unbranched alkanes of at least 4 members (excludes halogenated alkanes) is 1. The predicted octanol–water partition coefficient (Wildman–Crippen LogP) is 1.95. The molecule has 1 N–H and O–H groups in total. The van der Waals surface area contributed by atoms with Crippen molar-refractivity contribution in [3.8, 4) is 0 Å². The summed E-state index contributed by atoms with van der Waals surface area (Å²) in [5.74, 6) is 0.125. The fourth-order valence-electron chi connectivity index (χ4n) is 2.20. The summed E-state index contributed by atoms with van der Waals surface area (Å²) in [6, 6.07) is 3.22. The molecule has 3 rings (SSSR count). The zero-order valence-corrected chi connectivity index (χ0v) is 13.8. The fraction of sp³-hybridized carbons (Fsp3) is 0.533. The Morgan fingerprint density at radius 2 is 2.22 bits per heavy atom. The van der Waals surface area contributed by atoms with E-state index in [0.29, 0.717) is 11.0 Å². The molecule has 0 aromatic carbocycles. The molecule has 1 amide bonds. The maximum atomic E-state index is 12.1. The molecule has 2 aromatic rings. The molecule has 2 aromatic heterocycles. The molecule has 0 spiro atoms. The molecule has 23 heavy (non-hydrogen) atoms. The second kappa shape index (κ2) is 6.99. The highest BCUT2D eigenvalue weighted by molar-refractivity contribution is 7.15. The molecular formula is C15H19N5O2S. The summed E-state index contributed by atoms with van der Waals surface area (Å²) < 4.78 is 1.21. The van der Waals surface area contributed by atoms with E-state index in [-0.39, 0.29) is 18.0 Å². The zero-order valence-electron chi connectivity index (χ0n) is 13.0. The van der Waals surface area contributed by atoms with Crippen molar-refractivity contribution in [2.75, 3.05) is 5.32 Å². The molecule has 122 valence electrons. The van der Waals surface area contributed by atoms with Crippen molar-refractivity contribution in [1.82, 2.24) is 20.0 Å². The Hall–Kier alpha value is -2.09. The number of rotatable bonds is 7. The van der Waals surface area contributed by atoms with Crippen LogP contribution in [0.1, 0.15) is 49.2 Å². The van der Waals surface area contributed by atoms with E-state index in [2.05, 4.69) is 27.5 Å². The van der Waals surface area contributed by atoms with E-state index in [1.54, 1.807) is 6.07 Å². The minimum absolute atomic E-state index is 0.108. The van der Waals surface area contributed by atoms with E-state index < -0.39 is 0 Å². The summed E-state index contributed by atoms with van der Waals surface area (Å²) in [5, 5.41) is 16.3. The van der Waals surface area contributed by atoms with E-state index in [9.17, 15) is 9.59 Å². The Bertz CT molecular complexity index is 750. The van der Waals surface area contributed by atoms with Gasteiger partial charge in [0, 0.05) is 18.4 Å². The van der Waals surface area contributed by atoms with E-state index in [4.69, 9.17) is 0 Å². The van der Waals surface area contributed by atoms with Gasteiger partial charge < -0.3 is 0 Å². The normalized spacial score (nSPS) is 14.0. The molecular weight excluding hydrogens is 314 g/mol. The second-order valence-electron chi connectivity index (χ2n) is 5.68. The van der Waals surface area contributed by atoms with Crippen LogP contribution in [0.5, 0.6) is 0 Å². The largest absolute Gasteiger partial charge is 0.299 e. The van der Waals surface area contributed by atoms with Gasteiger partial charge in [0.05, 0.1) is 5.69 Å². The monoisotopic (exact) mass is 333 g/mol. The van der Waals surface area contributed by atoms with Crippen LogP contribution in [0.3, 0.4) is 0 Å². The lowest BCUT2D eigenvalue weighted by Crippen LogP contribution is -2.29. The smallest absolute Gasteiger partial charge is 0.267 e. The van der Waals surface area contributed by atoms with Gasteiger partial charge in [-0.05, 0) is 25.3 Å². The van der Waals surface area contributed by atoms with Crippen molar-refractivity contribution in [2.24, 2.45) is 0 Å². The van der Waals surface area contributed by atoms with Gasteiger partial charge in [-0.15, -0.1) is 10.2 Å². The number of carbonyl (C=O) groups excluding carboxylic acids is 1. The zero-order chi connectivity index (χ0) is 16.2. The van der Waals surface area contributed by atoms with Crippen LogP contribution in [0.4, 0.5) is 5.13 Å². The van der Waals surface area contributed by atoms with Crippen molar-refractivity contribution in [1.29, 1.82) is 0 Å². The first-order valence-electron chi connectivity index (χ1n) is 7.86. The molecule has 0 saturated heterocycles. The quantitative estimate of drug-likeness (QED) is 0.836. The van der Waals surface area contributed by atoms with Crippen LogP contribution in [0, 0.1) is 0 Å². The summed E-state index contributed by atoms with van der Waals surface area (Å²) in [7, 11) is 0. The van der Waals surface area contributed by atoms with E-state index in [1.165, 1.54) is 22.1 Å². The molecule has 0 radical (unpaired) electrons. The van der Waals surface area contributed by atoms with Crippen LogP contribution in [-0.2, 0) is 17.8 Å². The number of hydrogen-bond donors (Lipinski definition) is 1. The Morgan fingerprint density at radius 1 is 1.39 bits per heavy atom. The highest BCUT2D eigenvalue weighted by atomic mass is 32.1. The number of aryl methyl sites for hydroxylation is 1. The Balaban J connectivity index is 1.61. The maximum Gasteiger partial charge on any atom is 0.267 e. The average Bonchev–Trinajstić information content (AvgIpc) is 3.29. The van der Waals surface area contributed by atoms with Gasteiger partial charge in [0.2, 0.25) is 11.0 Å². The summed E-state index contributed by atoms with van der Waals surface area (Å²) in [6.07, 6.45) is 5.21. The van der Waals surface area contributed by atoms with Gasteiger partial charge in [-0.3, -0.25) is 14.9 Å². The molecule has 7 nitrogen and oxygen atoms in total. The standard InChI is InChI=1S/C15H19N5O2S/c1-2-3-4-13-17-18-15(23-13)16-12(21)9-20-14(22)8-7-11(19-20)10-5-6-10/h7-8,10H,2-6,9H2,1H3,(H,16,18,21). The van der Waals surface area contributed by atoms with Crippen molar-refractivity contribution in [3.05, 3.63) is 33.2 Å². The highest BCUT2D eigenvalue weighted by Crippen LogP contribution is 2.38. The minimum Gasteiger partial charge on any atom is -0.299 e. The fourth-order valence-corrected chi connectivity index (χ4v) is 3.00. The Morgan fingerprint density at radius 3 is 2.96 bits per heavy atom. The number of carbonyl (C=O) groups is 1. The van der Waals surface area contributed by atoms with E-state index in [0.717, 1.165) is 42.8 Å². The first kappa shape index (κ1) is 15.8. The third-order valence-electron chi connectivity index (χ3n) is 3.63. The van der Waals surface area contributed by atoms with Gasteiger partial charge in [0.25, 0.3) is 5.56 Å². The predicted molar refractivity (Wildman–Crippen MR) is 87.6 cm³/mol. The van der Waals surface area contributed by atoms with Gasteiger partial charge in [-0.25, -0.2) is 4.68 Å². The highest BCUT2D eigenvalue weighted by Gasteiger charge is 2.25. The number of hydrogen-bond acceptors (Lipinski definition) is 6. The molecule has 8 heteroatoms. The first-order valence-corrected chi connectivity index (χ1v) is 8.67. The number of aromatic nitrogens is 4. The molecule has 1 aliphatic rings. The molecule has 0 aliphatic heterocycles. The number of amides is 1. The van der Waals surface area contributed by atoms with Crippen LogP contribution in [0.15, 0.2) is 16.9 Å². The molecule has 0 atom stereocenters. The number of anilines is 1. The number of nitrogens with zero attached hydrogens (tertiary/aromatic N) is 4. The van der Waals surface area contributed by atoms with E-state index >= 15 is 0 Å². The van der Waals surface area contributed by atoms with Crippen LogP contribution >= 0.6 is 11.3 Å². The van der Waals surface area contributed by atoms with Crippen molar-refractivity contribution < 1.29 is 4.79 Å². The van der Waals surface area contributed by atoms with Crippen LogP contribution in [0.25, 0.3) is 0 Å². The molecule has 1 fully saturated rings. The van der Waals surface area contributed by atoms with Crippen LogP contribution < -0.4 is 10.9 Å². The summed E-state index contributed by atoms with van der Waals surface area (Å²) in [4.78, 5) is 23.9. The average molecular weight is 333 g/mol. The molecule has 0 unspecified atom stereocenters. The van der Waals surface area contributed by atoms with Crippen LogP contribution in [0.2, 0.25) is 0 Å². The third-order valence-corrected chi connectivity index (χ3v) is 4.53.